The minimum Gasteiger partial charge on any atom is -0.494 e. The smallest absolute Gasteiger partial charge is 0.255 e. The van der Waals surface area contributed by atoms with E-state index < -0.39 is 11.7 Å². The Morgan fingerprint density at radius 1 is 0.824 bits per heavy atom. The summed E-state index contributed by atoms with van der Waals surface area (Å²) in [5.41, 5.74) is 1.66. The van der Waals surface area contributed by atoms with Crippen molar-refractivity contribution in [3.63, 3.8) is 0 Å². The maximum atomic E-state index is 13.3. The van der Waals surface area contributed by atoms with E-state index in [4.69, 9.17) is 16.3 Å². The molecule has 0 radical (unpaired) electrons. The van der Waals surface area contributed by atoms with Crippen LogP contribution in [0.4, 0.5) is 15.8 Å². The van der Waals surface area contributed by atoms with Gasteiger partial charge in [-0.25, -0.2) is 4.39 Å². The second-order valence-electron chi connectivity index (χ2n) is 7.90. The molecule has 7 heteroatoms. The fourth-order valence-electron chi connectivity index (χ4n) is 3.32. The molecule has 0 spiro atoms. The highest BCUT2D eigenvalue weighted by Crippen LogP contribution is 2.21. The molecule has 0 bridgehead atoms. The lowest BCUT2D eigenvalue weighted by Crippen LogP contribution is -2.14. The normalized spacial score (nSPS) is 10.6. The fourth-order valence-corrected chi connectivity index (χ4v) is 3.50. The zero-order chi connectivity index (χ0) is 24.3. The molecule has 178 valence electrons. The average molecular weight is 483 g/mol. The molecule has 0 saturated carbocycles. The first-order chi connectivity index (χ1) is 16.5. The molecule has 0 heterocycles. The first-order valence-corrected chi connectivity index (χ1v) is 11.7. The number of ether oxygens (including phenoxy) is 1. The second kappa shape index (κ2) is 12.8. The van der Waals surface area contributed by atoms with E-state index in [1.807, 2.05) is 0 Å². The van der Waals surface area contributed by atoms with Crippen LogP contribution in [0.25, 0.3) is 0 Å². The number of carbonyl (C=O) groups excluding carboxylic acids is 2. The van der Waals surface area contributed by atoms with E-state index in [0.717, 1.165) is 18.6 Å². The first-order valence-electron chi connectivity index (χ1n) is 11.4. The van der Waals surface area contributed by atoms with Gasteiger partial charge in [-0.2, -0.15) is 0 Å². The SMILES string of the molecule is CCCCCCCOc1ccc(C(=O)Nc2cccc(C(=O)Nc3ccc(F)c(Cl)c3)c2)cc1. The van der Waals surface area contributed by atoms with Crippen molar-refractivity contribution in [1.29, 1.82) is 0 Å². The maximum Gasteiger partial charge on any atom is 0.255 e. The topological polar surface area (TPSA) is 67.4 Å². The van der Waals surface area contributed by atoms with E-state index in [9.17, 15) is 14.0 Å². The van der Waals surface area contributed by atoms with E-state index in [-0.39, 0.29) is 10.9 Å². The Bertz CT molecular complexity index is 1120. The summed E-state index contributed by atoms with van der Waals surface area (Å²) < 4.78 is 19.0. The monoisotopic (exact) mass is 482 g/mol. The molecule has 34 heavy (non-hydrogen) atoms. The number of halogens is 2. The number of rotatable bonds is 11. The summed E-state index contributed by atoms with van der Waals surface area (Å²) in [5, 5.41) is 5.37. The molecule has 0 aliphatic carbocycles. The molecule has 0 aliphatic heterocycles. The van der Waals surface area contributed by atoms with E-state index in [1.54, 1.807) is 48.5 Å². The number of nitrogens with one attached hydrogen (secondary N) is 2. The van der Waals surface area contributed by atoms with Crippen LogP contribution in [0.5, 0.6) is 5.75 Å². The molecule has 3 aromatic rings. The Balaban J connectivity index is 1.54. The molecular formula is C27H28ClFN2O3. The van der Waals surface area contributed by atoms with Gasteiger partial charge in [0.15, 0.2) is 0 Å². The van der Waals surface area contributed by atoms with Crippen LogP contribution in [-0.2, 0) is 0 Å². The Morgan fingerprint density at radius 2 is 1.50 bits per heavy atom. The Hall–Kier alpha value is -3.38. The number of amides is 2. The Kier molecular flexibility index (Phi) is 9.47. The molecule has 0 fully saturated rings. The summed E-state index contributed by atoms with van der Waals surface area (Å²) in [7, 11) is 0. The van der Waals surface area contributed by atoms with Crippen molar-refractivity contribution in [2.24, 2.45) is 0 Å². The standard InChI is InChI=1S/C27H28ClFN2O3/c1-2-3-4-5-6-16-34-23-13-10-19(11-14-23)26(32)30-21-9-7-8-20(17-21)27(33)31-22-12-15-25(29)24(28)18-22/h7-15,17-18H,2-6,16H2,1H3,(H,30,32)(H,31,33). The summed E-state index contributed by atoms with van der Waals surface area (Å²) in [6.07, 6.45) is 5.86. The van der Waals surface area contributed by atoms with Crippen LogP contribution in [0.2, 0.25) is 5.02 Å². The number of carbonyl (C=O) groups is 2. The third-order valence-electron chi connectivity index (χ3n) is 5.19. The van der Waals surface area contributed by atoms with Crippen molar-refractivity contribution < 1.29 is 18.7 Å². The van der Waals surface area contributed by atoms with Crippen LogP contribution in [0.3, 0.4) is 0 Å². The van der Waals surface area contributed by atoms with Crippen molar-refractivity contribution in [3.8, 4) is 5.75 Å². The van der Waals surface area contributed by atoms with Gasteiger partial charge in [0.1, 0.15) is 11.6 Å². The highest BCUT2D eigenvalue weighted by molar-refractivity contribution is 6.31. The van der Waals surface area contributed by atoms with Crippen LogP contribution in [0, 0.1) is 5.82 Å². The lowest BCUT2D eigenvalue weighted by molar-refractivity contribution is 0.101. The molecule has 0 unspecified atom stereocenters. The van der Waals surface area contributed by atoms with Crippen LogP contribution < -0.4 is 15.4 Å². The van der Waals surface area contributed by atoms with Gasteiger partial charge in [0.2, 0.25) is 0 Å². The van der Waals surface area contributed by atoms with Gasteiger partial charge in [0.25, 0.3) is 11.8 Å². The van der Waals surface area contributed by atoms with Crippen LogP contribution in [0.15, 0.2) is 66.7 Å². The van der Waals surface area contributed by atoms with Crippen molar-refractivity contribution in [2.75, 3.05) is 17.2 Å². The number of benzene rings is 3. The third-order valence-corrected chi connectivity index (χ3v) is 5.48. The molecule has 0 aromatic heterocycles. The zero-order valence-electron chi connectivity index (χ0n) is 19.1. The predicted octanol–water partition coefficient (Wildman–Crippen LogP) is 7.33. The lowest BCUT2D eigenvalue weighted by Gasteiger charge is -2.10. The molecule has 0 atom stereocenters. The number of unbranched alkanes of at least 4 members (excludes halogenated alkanes) is 4. The molecule has 5 nitrogen and oxygen atoms in total. The fraction of sp³-hybridized carbons (Fsp3) is 0.259. The highest BCUT2D eigenvalue weighted by Gasteiger charge is 2.11. The van der Waals surface area contributed by atoms with Gasteiger partial charge < -0.3 is 15.4 Å². The molecule has 2 amide bonds. The molecule has 2 N–H and O–H groups in total. The Labute approximate surface area is 204 Å². The van der Waals surface area contributed by atoms with Crippen LogP contribution in [-0.4, -0.2) is 18.4 Å². The second-order valence-corrected chi connectivity index (χ2v) is 8.31. The summed E-state index contributed by atoms with van der Waals surface area (Å²) in [6, 6.07) is 17.4. The van der Waals surface area contributed by atoms with E-state index in [1.165, 1.54) is 37.5 Å². The van der Waals surface area contributed by atoms with Crippen molar-refractivity contribution in [2.45, 2.75) is 39.0 Å². The first kappa shape index (κ1) is 25.2. The van der Waals surface area contributed by atoms with Gasteiger partial charge in [0, 0.05) is 22.5 Å². The van der Waals surface area contributed by atoms with E-state index >= 15 is 0 Å². The van der Waals surface area contributed by atoms with Crippen molar-refractivity contribution >= 4 is 34.8 Å². The lowest BCUT2D eigenvalue weighted by atomic mass is 10.1. The maximum absolute atomic E-state index is 13.3. The van der Waals surface area contributed by atoms with E-state index in [0.29, 0.717) is 29.1 Å². The highest BCUT2D eigenvalue weighted by atomic mass is 35.5. The summed E-state index contributed by atoms with van der Waals surface area (Å²) in [4.78, 5) is 25.2. The predicted molar refractivity (Wildman–Crippen MR) is 134 cm³/mol. The quantitative estimate of drug-likeness (QED) is 0.281. The molecular weight excluding hydrogens is 455 g/mol. The number of hydrogen-bond acceptors (Lipinski definition) is 3. The largest absolute Gasteiger partial charge is 0.494 e. The zero-order valence-corrected chi connectivity index (χ0v) is 19.8. The average Bonchev–Trinajstić information content (AvgIpc) is 2.84. The minimum absolute atomic E-state index is 0.0813. The van der Waals surface area contributed by atoms with Crippen LogP contribution in [0.1, 0.15) is 59.7 Å². The van der Waals surface area contributed by atoms with Gasteiger partial charge in [-0.15, -0.1) is 0 Å². The van der Waals surface area contributed by atoms with E-state index in [2.05, 4.69) is 17.6 Å². The molecule has 0 saturated heterocycles. The molecule has 3 aromatic carbocycles. The Morgan fingerprint density at radius 3 is 2.21 bits per heavy atom. The molecule has 3 rings (SSSR count). The van der Waals surface area contributed by atoms with Gasteiger partial charge in [0.05, 0.1) is 11.6 Å². The summed E-state index contributed by atoms with van der Waals surface area (Å²) in [5.74, 6) is -0.540. The van der Waals surface area contributed by atoms with Crippen LogP contribution >= 0.6 is 11.6 Å². The summed E-state index contributed by atoms with van der Waals surface area (Å²) in [6.45, 7) is 2.85. The van der Waals surface area contributed by atoms with Crippen molar-refractivity contribution in [1.82, 2.24) is 0 Å². The van der Waals surface area contributed by atoms with Gasteiger partial charge in [-0.05, 0) is 67.1 Å². The minimum atomic E-state index is -0.564. The van der Waals surface area contributed by atoms with Gasteiger partial charge in [-0.3, -0.25) is 9.59 Å². The third kappa shape index (κ3) is 7.59. The molecule has 0 aliphatic rings. The summed E-state index contributed by atoms with van der Waals surface area (Å²) >= 11 is 5.76. The van der Waals surface area contributed by atoms with Gasteiger partial charge in [-0.1, -0.05) is 50.3 Å². The number of hydrogen-bond donors (Lipinski definition) is 2. The van der Waals surface area contributed by atoms with Crippen molar-refractivity contribution in [3.05, 3.63) is 88.7 Å². The number of anilines is 2. The van der Waals surface area contributed by atoms with Gasteiger partial charge >= 0.3 is 0 Å².